The van der Waals surface area contributed by atoms with Gasteiger partial charge in [-0.05, 0) is 35.1 Å². The first-order valence-corrected chi connectivity index (χ1v) is 6.96. The molecule has 0 aliphatic rings. The van der Waals surface area contributed by atoms with Gasteiger partial charge >= 0.3 is 5.97 Å². The smallest absolute Gasteiger partial charge is 0.306 e. The van der Waals surface area contributed by atoms with Crippen molar-refractivity contribution in [1.29, 1.82) is 0 Å². The van der Waals surface area contributed by atoms with E-state index < -0.39 is 0 Å². The summed E-state index contributed by atoms with van der Waals surface area (Å²) in [7, 11) is 0. The van der Waals surface area contributed by atoms with E-state index in [9.17, 15) is 9.18 Å². The summed E-state index contributed by atoms with van der Waals surface area (Å²) < 4.78 is 18.0. The monoisotopic (exact) mass is 278 g/mol. The first-order chi connectivity index (χ1) is 9.15. The number of hydrogen-bond acceptors (Lipinski definition) is 3. The number of rotatable bonds is 5. The Morgan fingerprint density at radius 2 is 2.05 bits per heavy atom. The first-order valence-electron chi connectivity index (χ1n) is 6.08. The summed E-state index contributed by atoms with van der Waals surface area (Å²) in [6.07, 6.45) is 0.303. The van der Waals surface area contributed by atoms with Crippen molar-refractivity contribution >= 4 is 17.3 Å². The average molecular weight is 278 g/mol. The van der Waals surface area contributed by atoms with Gasteiger partial charge in [0.2, 0.25) is 0 Å². The molecule has 1 aromatic heterocycles. The topological polar surface area (TPSA) is 26.3 Å². The third-order valence-electron chi connectivity index (χ3n) is 2.87. The maximum atomic E-state index is 12.8. The number of ether oxygens (including phenoxy) is 1. The van der Waals surface area contributed by atoms with Crippen LogP contribution < -0.4 is 0 Å². The number of halogens is 1. The summed E-state index contributed by atoms with van der Waals surface area (Å²) in [6.45, 7) is 2.26. The van der Waals surface area contributed by atoms with Crippen LogP contribution in [-0.4, -0.2) is 5.97 Å². The Morgan fingerprint density at radius 1 is 1.32 bits per heavy atom. The highest BCUT2D eigenvalue weighted by atomic mass is 32.1. The molecule has 2 rings (SSSR count). The van der Waals surface area contributed by atoms with E-state index in [-0.39, 0.29) is 17.7 Å². The molecule has 100 valence electrons. The molecule has 1 heterocycles. The molecular formula is C15H15FO2S. The summed E-state index contributed by atoms with van der Waals surface area (Å²) in [5.74, 6) is -0.474. The molecule has 0 spiro atoms. The summed E-state index contributed by atoms with van der Waals surface area (Å²) in [4.78, 5) is 12.7. The van der Waals surface area contributed by atoms with E-state index in [4.69, 9.17) is 4.74 Å². The second-order valence-electron chi connectivity index (χ2n) is 4.40. The largest absolute Gasteiger partial charge is 0.460 e. The Morgan fingerprint density at radius 3 is 2.68 bits per heavy atom. The molecule has 0 fully saturated rings. The molecule has 2 nitrogen and oxygen atoms in total. The molecule has 0 amide bonds. The standard InChI is InChI=1S/C15H15FO2S/c1-11(12-4-6-13(16)7-5-12)9-15(17)18-10-14-3-2-8-19-14/h2-8,11H,9-10H2,1H3. The molecule has 0 aliphatic heterocycles. The zero-order chi connectivity index (χ0) is 13.7. The van der Waals surface area contributed by atoms with Gasteiger partial charge in [-0.3, -0.25) is 4.79 Å². The van der Waals surface area contributed by atoms with Gasteiger partial charge in [0.1, 0.15) is 12.4 Å². The highest BCUT2D eigenvalue weighted by molar-refractivity contribution is 7.09. The fraction of sp³-hybridized carbons (Fsp3) is 0.267. The Kier molecular flexibility index (Phi) is 4.68. The Balaban J connectivity index is 1.83. The zero-order valence-electron chi connectivity index (χ0n) is 10.6. The number of esters is 1. The van der Waals surface area contributed by atoms with E-state index in [2.05, 4.69) is 0 Å². The number of benzene rings is 1. The summed E-state index contributed by atoms with van der Waals surface area (Å²) in [5.41, 5.74) is 0.939. The van der Waals surface area contributed by atoms with Gasteiger partial charge in [0.25, 0.3) is 0 Å². The van der Waals surface area contributed by atoms with Crippen LogP contribution in [0, 0.1) is 5.82 Å². The summed E-state index contributed by atoms with van der Waals surface area (Å²) in [6, 6.07) is 10.1. The van der Waals surface area contributed by atoms with Gasteiger partial charge in [0.15, 0.2) is 0 Å². The summed E-state index contributed by atoms with van der Waals surface area (Å²) in [5, 5.41) is 1.95. The molecule has 0 aliphatic carbocycles. The van der Waals surface area contributed by atoms with Crippen LogP contribution in [-0.2, 0) is 16.1 Å². The van der Waals surface area contributed by atoms with Crippen molar-refractivity contribution in [3.63, 3.8) is 0 Å². The molecule has 4 heteroatoms. The molecule has 1 unspecified atom stereocenters. The normalized spacial score (nSPS) is 12.1. The molecule has 19 heavy (non-hydrogen) atoms. The number of hydrogen-bond donors (Lipinski definition) is 0. The lowest BCUT2D eigenvalue weighted by atomic mass is 9.98. The zero-order valence-corrected chi connectivity index (χ0v) is 11.5. The van der Waals surface area contributed by atoms with Crippen LogP contribution in [0.4, 0.5) is 4.39 Å². The Bertz CT molecular complexity index is 520. The van der Waals surface area contributed by atoms with Crippen LogP contribution in [0.2, 0.25) is 0 Å². The number of thiophene rings is 1. The van der Waals surface area contributed by atoms with Gasteiger partial charge < -0.3 is 4.74 Å². The SMILES string of the molecule is CC(CC(=O)OCc1cccs1)c1ccc(F)cc1. The molecular weight excluding hydrogens is 263 g/mol. The predicted octanol–water partition coefficient (Wildman–Crippen LogP) is 4.12. The van der Waals surface area contributed by atoms with Gasteiger partial charge in [0.05, 0.1) is 6.42 Å². The van der Waals surface area contributed by atoms with E-state index >= 15 is 0 Å². The minimum atomic E-state index is -0.267. The van der Waals surface area contributed by atoms with Crippen LogP contribution in [0.3, 0.4) is 0 Å². The second kappa shape index (κ2) is 6.48. The molecule has 0 saturated heterocycles. The molecule has 0 radical (unpaired) electrons. The minimum Gasteiger partial charge on any atom is -0.460 e. The van der Waals surface area contributed by atoms with Crippen molar-refractivity contribution in [2.45, 2.75) is 25.9 Å². The summed E-state index contributed by atoms with van der Waals surface area (Å²) >= 11 is 1.56. The van der Waals surface area contributed by atoms with Crippen molar-refractivity contribution in [3.8, 4) is 0 Å². The molecule has 2 aromatic rings. The molecule has 0 bridgehead atoms. The van der Waals surface area contributed by atoms with Crippen molar-refractivity contribution < 1.29 is 13.9 Å². The van der Waals surface area contributed by atoms with Crippen molar-refractivity contribution in [2.75, 3.05) is 0 Å². The van der Waals surface area contributed by atoms with Gasteiger partial charge in [-0.2, -0.15) is 0 Å². The minimum absolute atomic E-state index is 0.0245. The first kappa shape index (κ1) is 13.7. The second-order valence-corrected chi connectivity index (χ2v) is 5.43. The number of carbonyl (C=O) groups is 1. The van der Waals surface area contributed by atoms with E-state index in [1.807, 2.05) is 24.4 Å². The lowest BCUT2D eigenvalue weighted by Gasteiger charge is -2.11. The van der Waals surface area contributed by atoms with Crippen LogP contribution in [0.5, 0.6) is 0 Å². The molecule has 0 saturated carbocycles. The van der Waals surface area contributed by atoms with Gasteiger partial charge in [0, 0.05) is 4.88 Å². The maximum absolute atomic E-state index is 12.8. The van der Waals surface area contributed by atoms with Crippen LogP contribution in [0.15, 0.2) is 41.8 Å². The Labute approximate surface area is 115 Å². The van der Waals surface area contributed by atoms with Crippen LogP contribution >= 0.6 is 11.3 Å². The van der Waals surface area contributed by atoms with Crippen molar-refractivity contribution in [1.82, 2.24) is 0 Å². The van der Waals surface area contributed by atoms with Gasteiger partial charge in [-0.25, -0.2) is 4.39 Å². The van der Waals surface area contributed by atoms with Gasteiger partial charge in [-0.1, -0.05) is 25.1 Å². The van der Waals surface area contributed by atoms with E-state index in [0.717, 1.165) is 10.4 Å². The molecule has 1 aromatic carbocycles. The lowest BCUT2D eigenvalue weighted by Crippen LogP contribution is -2.08. The fourth-order valence-electron chi connectivity index (χ4n) is 1.76. The van der Waals surface area contributed by atoms with E-state index in [1.54, 1.807) is 23.5 Å². The van der Waals surface area contributed by atoms with E-state index in [0.29, 0.717) is 13.0 Å². The highest BCUT2D eigenvalue weighted by Gasteiger charge is 2.12. The molecule has 0 N–H and O–H groups in total. The van der Waals surface area contributed by atoms with Crippen LogP contribution in [0.25, 0.3) is 0 Å². The van der Waals surface area contributed by atoms with E-state index in [1.165, 1.54) is 12.1 Å². The lowest BCUT2D eigenvalue weighted by molar-refractivity contribution is -0.145. The molecule has 1 atom stereocenters. The Hall–Kier alpha value is -1.68. The van der Waals surface area contributed by atoms with Crippen LogP contribution in [0.1, 0.15) is 29.7 Å². The third kappa shape index (κ3) is 4.17. The fourth-order valence-corrected chi connectivity index (χ4v) is 2.38. The van der Waals surface area contributed by atoms with Gasteiger partial charge in [-0.15, -0.1) is 11.3 Å². The maximum Gasteiger partial charge on any atom is 0.306 e. The highest BCUT2D eigenvalue weighted by Crippen LogP contribution is 2.20. The predicted molar refractivity (Wildman–Crippen MR) is 73.5 cm³/mol. The van der Waals surface area contributed by atoms with Crippen molar-refractivity contribution in [2.24, 2.45) is 0 Å². The third-order valence-corrected chi connectivity index (χ3v) is 3.72. The average Bonchev–Trinajstić information content (AvgIpc) is 2.90. The van der Waals surface area contributed by atoms with Crippen molar-refractivity contribution in [3.05, 3.63) is 58.0 Å². The quantitative estimate of drug-likeness (QED) is 0.769. The number of carbonyl (C=O) groups excluding carboxylic acids is 1.